The van der Waals surface area contributed by atoms with E-state index in [0.717, 1.165) is 28.5 Å². The summed E-state index contributed by atoms with van der Waals surface area (Å²) in [5.74, 6) is 0.816. The largest absolute Gasteiger partial charge is 0.282 e. The first kappa shape index (κ1) is 11.6. The van der Waals surface area contributed by atoms with Crippen LogP contribution < -0.4 is 0 Å². The fraction of sp³-hybridized carbons (Fsp3) is 0.133. The Labute approximate surface area is 111 Å². The Bertz CT molecular complexity index is 701. The van der Waals surface area contributed by atoms with Crippen molar-refractivity contribution in [2.45, 2.75) is 13.8 Å². The highest BCUT2D eigenvalue weighted by Crippen LogP contribution is 2.22. The molecular weight excluding hydrogens is 236 g/mol. The van der Waals surface area contributed by atoms with Crippen LogP contribution >= 0.6 is 0 Å². The monoisotopic (exact) mass is 250 g/mol. The molecule has 4 nitrogen and oxygen atoms in total. The Balaban J connectivity index is 2.15. The van der Waals surface area contributed by atoms with Gasteiger partial charge in [-0.1, -0.05) is 18.2 Å². The minimum Gasteiger partial charge on any atom is -0.282 e. The van der Waals surface area contributed by atoms with E-state index in [2.05, 4.69) is 15.2 Å². The summed E-state index contributed by atoms with van der Waals surface area (Å²) < 4.78 is 1.97. The fourth-order valence-corrected chi connectivity index (χ4v) is 2.12. The quantitative estimate of drug-likeness (QED) is 0.702. The molecule has 1 aromatic carbocycles. The molecule has 0 spiro atoms. The van der Waals surface area contributed by atoms with E-state index in [0.29, 0.717) is 0 Å². The Morgan fingerprint density at radius 3 is 2.47 bits per heavy atom. The number of hydrogen-bond donors (Lipinski definition) is 0. The number of rotatable bonds is 2. The van der Waals surface area contributed by atoms with Crippen molar-refractivity contribution in [1.29, 1.82) is 0 Å². The molecule has 94 valence electrons. The predicted molar refractivity (Wildman–Crippen MR) is 74.1 cm³/mol. The predicted octanol–water partition coefficient (Wildman–Crippen LogP) is 2.95. The van der Waals surface area contributed by atoms with Crippen LogP contribution in [0.25, 0.3) is 17.1 Å². The van der Waals surface area contributed by atoms with E-state index in [1.165, 1.54) is 0 Å². The van der Waals surface area contributed by atoms with Crippen LogP contribution in [0, 0.1) is 13.8 Å². The zero-order valence-electron chi connectivity index (χ0n) is 10.9. The molecule has 0 bridgehead atoms. The highest BCUT2D eigenvalue weighted by molar-refractivity contribution is 5.60. The summed E-state index contributed by atoms with van der Waals surface area (Å²) in [6.07, 6.45) is 1.73. The van der Waals surface area contributed by atoms with Crippen molar-refractivity contribution in [3.63, 3.8) is 0 Å². The molecule has 2 aromatic heterocycles. The van der Waals surface area contributed by atoms with Gasteiger partial charge in [0.05, 0.1) is 0 Å². The van der Waals surface area contributed by atoms with Crippen LogP contribution in [-0.4, -0.2) is 19.7 Å². The molecule has 3 aromatic rings. The second-order valence-electron chi connectivity index (χ2n) is 4.45. The summed E-state index contributed by atoms with van der Waals surface area (Å²) in [7, 11) is 0. The smallest absolute Gasteiger partial charge is 0.170 e. The Kier molecular flexibility index (Phi) is 2.83. The van der Waals surface area contributed by atoms with Crippen molar-refractivity contribution in [2.75, 3.05) is 0 Å². The summed E-state index contributed by atoms with van der Waals surface area (Å²) in [6.45, 7) is 3.98. The van der Waals surface area contributed by atoms with Gasteiger partial charge in [0.15, 0.2) is 5.82 Å². The van der Waals surface area contributed by atoms with Crippen LogP contribution in [0.15, 0.2) is 48.8 Å². The number of hydrogen-bond acceptors (Lipinski definition) is 3. The van der Waals surface area contributed by atoms with Gasteiger partial charge >= 0.3 is 0 Å². The molecule has 0 radical (unpaired) electrons. The van der Waals surface area contributed by atoms with E-state index in [4.69, 9.17) is 0 Å². The molecule has 0 saturated heterocycles. The third-order valence-corrected chi connectivity index (χ3v) is 3.05. The number of para-hydroxylation sites is 1. The van der Waals surface area contributed by atoms with Gasteiger partial charge in [-0.05, 0) is 38.1 Å². The molecular formula is C15H14N4. The molecule has 0 aliphatic heterocycles. The molecule has 0 atom stereocenters. The summed E-state index contributed by atoms with van der Waals surface area (Å²) in [4.78, 5) is 4.48. The second-order valence-corrected chi connectivity index (χ2v) is 4.45. The molecule has 0 unspecified atom stereocenters. The van der Waals surface area contributed by atoms with Gasteiger partial charge < -0.3 is 0 Å². The first-order valence-electron chi connectivity index (χ1n) is 6.16. The molecule has 3 rings (SSSR count). The Hall–Kier alpha value is -2.49. The van der Waals surface area contributed by atoms with Gasteiger partial charge in [-0.2, -0.15) is 0 Å². The fourth-order valence-electron chi connectivity index (χ4n) is 2.12. The topological polar surface area (TPSA) is 43.6 Å². The van der Waals surface area contributed by atoms with Crippen LogP contribution in [-0.2, 0) is 0 Å². The highest BCUT2D eigenvalue weighted by Gasteiger charge is 2.11. The first-order chi connectivity index (χ1) is 9.25. The number of benzene rings is 1. The van der Waals surface area contributed by atoms with Gasteiger partial charge in [-0.15, -0.1) is 10.2 Å². The van der Waals surface area contributed by atoms with Crippen molar-refractivity contribution in [3.05, 3.63) is 60.2 Å². The lowest BCUT2D eigenvalue weighted by Gasteiger charge is -2.08. The van der Waals surface area contributed by atoms with Crippen LogP contribution in [0.4, 0.5) is 0 Å². The molecule has 0 aliphatic rings. The lowest BCUT2D eigenvalue weighted by atomic mass is 10.1. The van der Waals surface area contributed by atoms with Gasteiger partial charge in [0.2, 0.25) is 0 Å². The molecule has 4 heteroatoms. The molecule has 0 fully saturated rings. The molecule has 19 heavy (non-hydrogen) atoms. The minimum atomic E-state index is 0.816. The van der Waals surface area contributed by atoms with E-state index in [9.17, 15) is 0 Å². The summed E-state index contributed by atoms with van der Waals surface area (Å²) in [6, 6.07) is 14.1. The van der Waals surface area contributed by atoms with Crippen LogP contribution in [0.2, 0.25) is 0 Å². The lowest BCUT2D eigenvalue weighted by molar-refractivity contribution is 1.04. The van der Waals surface area contributed by atoms with Crippen molar-refractivity contribution >= 4 is 0 Å². The molecule has 0 aliphatic carbocycles. The van der Waals surface area contributed by atoms with Gasteiger partial charge in [-0.25, -0.2) is 0 Å². The summed E-state index contributed by atoms with van der Waals surface area (Å²) >= 11 is 0. The SMILES string of the molecule is Cc1ccc(-c2nncn2-c2ccccc2)c(C)n1. The highest BCUT2D eigenvalue weighted by atomic mass is 15.3. The van der Waals surface area contributed by atoms with Crippen molar-refractivity contribution in [3.8, 4) is 17.1 Å². The van der Waals surface area contributed by atoms with E-state index in [1.807, 2.05) is 60.9 Å². The zero-order chi connectivity index (χ0) is 13.2. The lowest BCUT2D eigenvalue weighted by Crippen LogP contribution is -1.99. The van der Waals surface area contributed by atoms with Crippen LogP contribution in [0.1, 0.15) is 11.4 Å². The molecule has 0 amide bonds. The average molecular weight is 250 g/mol. The third kappa shape index (κ3) is 2.12. The maximum Gasteiger partial charge on any atom is 0.170 e. The van der Waals surface area contributed by atoms with E-state index in [1.54, 1.807) is 6.33 Å². The van der Waals surface area contributed by atoms with E-state index in [-0.39, 0.29) is 0 Å². The van der Waals surface area contributed by atoms with Crippen LogP contribution in [0.5, 0.6) is 0 Å². The van der Waals surface area contributed by atoms with Crippen molar-refractivity contribution < 1.29 is 0 Å². The summed E-state index contributed by atoms with van der Waals surface area (Å²) in [5, 5.41) is 8.25. The number of aryl methyl sites for hydroxylation is 2. The number of aromatic nitrogens is 4. The number of pyridine rings is 1. The molecule has 0 saturated carbocycles. The van der Waals surface area contributed by atoms with Crippen molar-refractivity contribution in [2.24, 2.45) is 0 Å². The van der Waals surface area contributed by atoms with Gasteiger partial charge in [0.1, 0.15) is 6.33 Å². The molecule has 2 heterocycles. The first-order valence-corrected chi connectivity index (χ1v) is 6.16. The normalized spacial score (nSPS) is 10.6. The molecule has 0 N–H and O–H groups in total. The Morgan fingerprint density at radius 1 is 0.947 bits per heavy atom. The zero-order valence-corrected chi connectivity index (χ0v) is 10.9. The van der Waals surface area contributed by atoms with Crippen LogP contribution in [0.3, 0.4) is 0 Å². The number of nitrogens with zero attached hydrogens (tertiary/aromatic N) is 4. The van der Waals surface area contributed by atoms with Gasteiger partial charge in [0, 0.05) is 22.6 Å². The van der Waals surface area contributed by atoms with E-state index < -0.39 is 0 Å². The minimum absolute atomic E-state index is 0.816. The van der Waals surface area contributed by atoms with Gasteiger partial charge in [0.25, 0.3) is 0 Å². The average Bonchev–Trinajstić information content (AvgIpc) is 2.89. The Morgan fingerprint density at radius 2 is 1.74 bits per heavy atom. The van der Waals surface area contributed by atoms with Gasteiger partial charge in [-0.3, -0.25) is 9.55 Å². The maximum absolute atomic E-state index is 4.48. The maximum atomic E-state index is 4.48. The van der Waals surface area contributed by atoms with Crippen molar-refractivity contribution in [1.82, 2.24) is 19.7 Å². The summed E-state index contributed by atoms with van der Waals surface area (Å²) in [5.41, 5.74) is 4.02. The second kappa shape index (κ2) is 4.65. The standard InChI is InChI=1S/C15H14N4/c1-11-8-9-14(12(2)17-11)15-18-16-10-19(15)13-6-4-3-5-7-13/h3-10H,1-2H3. The van der Waals surface area contributed by atoms with E-state index >= 15 is 0 Å². The third-order valence-electron chi connectivity index (χ3n) is 3.05.